The monoisotopic (exact) mass is 230 g/mol. The van der Waals surface area contributed by atoms with Gasteiger partial charge in [0, 0.05) is 5.56 Å². The molecule has 2 bridgehead atoms. The summed E-state index contributed by atoms with van der Waals surface area (Å²) in [5, 5.41) is 0. The number of carbonyl (C=O) groups is 2. The number of rotatable bonds is 1. The van der Waals surface area contributed by atoms with Crippen LogP contribution < -0.4 is 4.74 Å². The van der Waals surface area contributed by atoms with E-state index in [1.807, 2.05) is 13.0 Å². The lowest BCUT2D eigenvalue weighted by atomic mass is 9.71. The smallest absolute Gasteiger partial charge is 0.173 e. The normalized spacial score (nSPS) is 30.4. The van der Waals surface area contributed by atoms with Crippen LogP contribution in [0.15, 0.2) is 18.2 Å². The third kappa shape index (κ3) is 1.17. The first-order chi connectivity index (χ1) is 8.08. The maximum Gasteiger partial charge on any atom is 0.173 e. The van der Waals surface area contributed by atoms with Gasteiger partial charge in [-0.15, -0.1) is 0 Å². The quantitative estimate of drug-likeness (QED) is 0.694. The van der Waals surface area contributed by atoms with Crippen LogP contribution in [0, 0.1) is 5.92 Å². The lowest BCUT2D eigenvalue weighted by Gasteiger charge is -2.30. The van der Waals surface area contributed by atoms with Gasteiger partial charge in [0.25, 0.3) is 0 Å². The molecule has 2 aliphatic carbocycles. The fraction of sp³-hybridized carbons (Fsp3) is 0.429. The molecule has 1 aromatic carbocycles. The SMILES string of the molecule is COc1ccc2c(c1)C1(C)CCC(C2=O)C1=O. The van der Waals surface area contributed by atoms with Gasteiger partial charge in [-0.1, -0.05) is 0 Å². The van der Waals surface area contributed by atoms with E-state index in [9.17, 15) is 9.59 Å². The first-order valence-electron chi connectivity index (χ1n) is 5.85. The molecule has 0 N–H and O–H groups in total. The first-order valence-corrected chi connectivity index (χ1v) is 5.85. The van der Waals surface area contributed by atoms with Gasteiger partial charge in [-0.05, 0) is 43.5 Å². The number of ether oxygens (including phenoxy) is 1. The van der Waals surface area contributed by atoms with Crippen molar-refractivity contribution in [2.75, 3.05) is 7.11 Å². The topological polar surface area (TPSA) is 43.4 Å². The predicted molar refractivity (Wildman–Crippen MR) is 62.4 cm³/mol. The Morgan fingerprint density at radius 3 is 2.82 bits per heavy atom. The Bertz CT molecular complexity index is 532. The van der Waals surface area contributed by atoms with Crippen LogP contribution in [0.1, 0.15) is 35.7 Å². The Kier molecular flexibility index (Phi) is 1.97. The molecule has 0 saturated heterocycles. The number of hydrogen-bond acceptors (Lipinski definition) is 3. The van der Waals surface area contributed by atoms with Gasteiger partial charge < -0.3 is 4.74 Å². The van der Waals surface area contributed by atoms with Crippen molar-refractivity contribution in [1.82, 2.24) is 0 Å². The van der Waals surface area contributed by atoms with E-state index in [0.717, 1.165) is 12.0 Å². The van der Waals surface area contributed by atoms with Crippen LogP contribution in [0.4, 0.5) is 0 Å². The molecule has 1 saturated carbocycles. The van der Waals surface area contributed by atoms with Crippen LogP contribution in [-0.4, -0.2) is 18.7 Å². The predicted octanol–water partition coefficient (Wildman–Crippen LogP) is 2.13. The molecule has 2 unspecified atom stereocenters. The van der Waals surface area contributed by atoms with Crippen molar-refractivity contribution in [2.24, 2.45) is 5.92 Å². The van der Waals surface area contributed by atoms with Gasteiger partial charge in [0.1, 0.15) is 5.75 Å². The molecule has 2 atom stereocenters. The summed E-state index contributed by atoms with van der Waals surface area (Å²) in [5.74, 6) is 0.378. The van der Waals surface area contributed by atoms with Crippen LogP contribution >= 0.6 is 0 Å². The van der Waals surface area contributed by atoms with Gasteiger partial charge >= 0.3 is 0 Å². The lowest BCUT2D eigenvalue weighted by Crippen LogP contribution is -2.39. The maximum absolute atomic E-state index is 12.2. The molecule has 2 aliphatic rings. The van der Waals surface area contributed by atoms with Crippen molar-refractivity contribution in [3.05, 3.63) is 29.3 Å². The number of carbonyl (C=O) groups excluding carboxylic acids is 2. The second-order valence-electron chi connectivity index (χ2n) is 5.06. The zero-order valence-electron chi connectivity index (χ0n) is 9.95. The largest absolute Gasteiger partial charge is 0.497 e. The van der Waals surface area contributed by atoms with E-state index >= 15 is 0 Å². The third-order valence-corrected chi connectivity index (χ3v) is 4.20. The highest BCUT2D eigenvalue weighted by molar-refractivity contribution is 6.19. The summed E-state index contributed by atoms with van der Waals surface area (Å²) in [4.78, 5) is 24.4. The van der Waals surface area contributed by atoms with Gasteiger partial charge in [0.15, 0.2) is 11.6 Å². The fourth-order valence-electron chi connectivity index (χ4n) is 3.10. The molecule has 0 aliphatic heterocycles. The molecule has 1 aromatic rings. The molecule has 1 fully saturated rings. The van der Waals surface area contributed by atoms with Crippen molar-refractivity contribution in [3.63, 3.8) is 0 Å². The fourth-order valence-corrected chi connectivity index (χ4v) is 3.10. The Morgan fingerprint density at radius 2 is 2.12 bits per heavy atom. The highest BCUT2D eigenvalue weighted by Gasteiger charge is 2.53. The number of benzene rings is 1. The van der Waals surface area contributed by atoms with E-state index in [1.165, 1.54) is 0 Å². The minimum atomic E-state index is -0.484. The number of ketones is 2. The maximum atomic E-state index is 12.2. The minimum absolute atomic E-state index is 0.0115. The van der Waals surface area contributed by atoms with Crippen molar-refractivity contribution in [2.45, 2.75) is 25.2 Å². The van der Waals surface area contributed by atoms with Crippen molar-refractivity contribution in [1.29, 1.82) is 0 Å². The summed E-state index contributed by atoms with van der Waals surface area (Å²) < 4.78 is 5.18. The Morgan fingerprint density at radius 1 is 1.35 bits per heavy atom. The van der Waals surface area contributed by atoms with E-state index in [2.05, 4.69) is 0 Å². The zero-order valence-corrected chi connectivity index (χ0v) is 9.95. The van der Waals surface area contributed by atoms with Gasteiger partial charge in [-0.2, -0.15) is 0 Å². The first kappa shape index (κ1) is 10.5. The second kappa shape index (κ2) is 3.19. The Labute approximate surface area is 99.8 Å². The third-order valence-electron chi connectivity index (χ3n) is 4.20. The molecule has 3 nitrogen and oxygen atoms in total. The van der Waals surface area contributed by atoms with Crippen molar-refractivity contribution >= 4 is 11.6 Å². The molecule has 3 rings (SSSR count). The summed E-state index contributed by atoms with van der Waals surface area (Å²) in [7, 11) is 1.59. The number of Topliss-reactive ketones (excluding diaryl/α,β-unsaturated/α-hetero) is 2. The van der Waals surface area contributed by atoms with E-state index in [0.29, 0.717) is 17.7 Å². The van der Waals surface area contributed by atoms with Gasteiger partial charge in [-0.25, -0.2) is 0 Å². The molecule has 0 radical (unpaired) electrons. The second-order valence-corrected chi connectivity index (χ2v) is 5.06. The molecule has 0 heterocycles. The highest BCUT2D eigenvalue weighted by Crippen LogP contribution is 2.48. The molecular formula is C14H14O3. The van der Waals surface area contributed by atoms with Crippen LogP contribution in [0.3, 0.4) is 0 Å². The summed E-state index contributed by atoms with van der Waals surface area (Å²) >= 11 is 0. The van der Waals surface area contributed by atoms with E-state index in [1.54, 1.807) is 19.2 Å². The van der Waals surface area contributed by atoms with Crippen molar-refractivity contribution < 1.29 is 14.3 Å². The molecule has 88 valence electrons. The standard InChI is InChI=1S/C14H14O3/c1-14-6-5-10(13(14)16)12(15)9-4-3-8(17-2)7-11(9)14/h3-4,7,10H,5-6H2,1-2H3. The molecule has 0 aromatic heterocycles. The minimum Gasteiger partial charge on any atom is -0.497 e. The number of hydrogen-bond donors (Lipinski definition) is 0. The van der Waals surface area contributed by atoms with Gasteiger partial charge in [-0.3, -0.25) is 9.59 Å². The molecular weight excluding hydrogens is 216 g/mol. The van der Waals surface area contributed by atoms with E-state index in [-0.39, 0.29) is 11.6 Å². The molecule has 0 spiro atoms. The zero-order chi connectivity index (χ0) is 12.2. The molecule has 3 heteroatoms. The van der Waals surface area contributed by atoms with Crippen LogP contribution in [0.25, 0.3) is 0 Å². The van der Waals surface area contributed by atoms with Gasteiger partial charge in [0.2, 0.25) is 0 Å². The van der Waals surface area contributed by atoms with Gasteiger partial charge in [0.05, 0.1) is 18.4 Å². The van der Waals surface area contributed by atoms with Crippen molar-refractivity contribution in [3.8, 4) is 5.75 Å². The molecule has 0 amide bonds. The Hall–Kier alpha value is -1.64. The summed E-state index contributed by atoms with van der Waals surface area (Å²) in [6.45, 7) is 1.94. The van der Waals surface area contributed by atoms with Crippen LogP contribution in [0.2, 0.25) is 0 Å². The van der Waals surface area contributed by atoms with Crippen LogP contribution in [0.5, 0.6) is 5.75 Å². The van der Waals surface area contributed by atoms with Crippen LogP contribution in [-0.2, 0) is 10.2 Å². The Balaban J connectivity index is 2.27. The average molecular weight is 230 g/mol. The number of methoxy groups -OCH3 is 1. The summed E-state index contributed by atoms with van der Waals surface area (Å²) in [6, 6.07) is 5.42. The van der Waals surface area contributed by atoms with E-state index < -0.39 is 11.3 Å². The summed E-state index contributed by atoms with van der Waals surface area (Å²) in [5.41, 5.74) is 1.07. The van der Waals surface area contributed by atoms with E-state index in [4.69, 9.17) is 4.74 Å². The molecule has 17 heavy (non-hydrogen) atoms. The average Bonchev–Trinajstić information content (AvgIpc) is 2.59. The lowest BCUT2D eigenvalue weighted by molar-refractivity contribution is -0.124. The number of fused-ring (bicyclic) bond motifs is 4. The highest BCUT2D eigenvalue weighted by atomic mass is 16.5. The summed E-state index contributed by atoms with van der Waals surface area (Å²) in [6.07, 6.45) is 1.45.